The first-order valence-electron chi connectivity index (χ1n) is 6.55. The van der Waals surface area contributed by atoms with Crippen LogP contribution in [0.1, 0.15) is 16.8 Å². The van der Waals surface area contributed by atoms with E-state index >= 15 is 0 Å². The summed E-state index contributed by atoms with van der Waals surface area (Å²) < 4.78 is 1.70. The summed E-state index contributed by atoms with van der Waals surface area (Å²) in [6.45, 7) is 1.98. The van der Waals surface area contributed by atoms with Crippen LogP contribution in [0.5, 0.6) is 0 Å². The molecule has 100 valence electrons. The fourth-order valence-electron chi connectivity index (χ4n) is 2.25. The summed E-state index contributed by atoms with van der Waals surface area (Å²) in [6, 6.07) is 16.0. The monoisotopic (exact) mass is 264 g/mol. The van der Waals surface area contributed by atoms with Gasteiger partial charge >= 0.3 is 0 Å². The molecular weight excluding hydrogens is 248 g/mol. The molecule has 1 aromatic carbocycles. The molecule has 2 heterocycles. The first-order chi connectivity index (χ1) is 9.75. The number of hydrogen-bond acceptors (Lipinski definition) is 3. The van der Waals surface area contributed by atoms with E-state index in [-0.39, 0.29) is 0 Å². The van der Waals surface area contributed by atoms with Crippen LogP contribution in [0.25, 0.3) is 5.82 Å². The van der Waals surface area contributed by atoms with E-state index in [9.17, 15) is 0 Å². The predicted octanol–water partition coefficient (Wildman–Crippen LogP) is 2.75. The first-order valence-corrected chi connectivity index (χ1v) is 6.55. The van der Waals surface area contributed by atoms with Crippen LogP contribution in [-0.4, -0.2) is 14.8 Å². The van der Waals surface area contributed by atoms with Crippen molar-refractivity contribution in [3.05, 3.63) is 71.5 Å². The summed E-state index contributed by atoms with van der Waals surface area (Å²) in [5.74, 6) is 1.40. The highest BCUT2D eigenvalue weighted by atomic mass is 15.3. The molecule has 0 fully saturated rings. The smallest absolute Gasteiger partial charge is 0.155 e. The molecule has 0 unspecified atom stereocenters. The second-order valence-corrected chi connectivity index (χ2v) is 4.71. The lowest BCUT2D eigenvalue weighted by molar-refractivity contribution is 0.841. The lowest BCUT2D eigenvalue weighted by atomic mass is 10.1. The average Bonchev–Trinajstić information content (AvgIpc) is 2.77. The Labute approximate surface area is 117 Å². The SMILES string of the molecule is Cc1nn(-c2ccccn2)c(N)c1Cc1ccccc1. The van der Waals surface area contributed by atoms with Gasteiger partial charge in [0.25, 0.3) is 0 Å². The number of rotatable bonds is 3. The number of pyridine rings is 1. The van der Waals surface area contributed by atoms with E-state index in [1.807, 2.05) is 43.3 Å². The van der Waals surface area contributed by atoms with Gasteiger partial charge in [0.05, 0.1) is 5.69 Å². The van der Waals surface area contributed by atoms with Gasteiger partial charge in [-0.2, -0.15) is 9.78 Å². The van der Waals surface area contributed by atoms with Crippen molar-refractivity contribution >= 4 is 5.82 Å². The van der Waals surface area contributed by atoms with E-state index in [1.54, 1.807) is 10.9 Å². The van der Waals surface area contributed by atoms with Crippen LogP contribution in [0.3, 0.4) is 0 Å². The highest BCUT2D eigenvalue weighted by Gasteiger charge is 2.14. The third kappa shape index (κ3) is 2.28. The molecule has 0 saturated heterocycles. The van der Waals surface area contributed by atoms with Gasteiger partial charge in [-0.15, -0.1) is 0 Å². The maximum Gasteiger partial charge on any atom is 0.155 e. The second-order valence-electron chi connectivity index (χ2n) is 4.71. The molecular formula is C16H16N4. The zero-order valence-electron chi connectivity index (χ0n) is 11.3. The molecule has 0 aliphatic rings. The Kier molecular flexibility index (Phi) is 3.21. The molecule has 0 bridgehead atoms. The predicted molar refractivity (Wildman–Crippen MR) is 79.8 cm³/mol. The van der Waals surface area contributed by atoms with E-state index in [0.717, 1.165) is 23.5 Å². The number of aromatic nitrogens is 3. The van der Waals surface area contributed by atoms with Crippen LogP contribution in [0.2, 0.25) is 0 Å². The van der Waals surface area contributed by atoms with Gasteiger partial charge in [0.2, 0.25) is 0 Å². The Hall–Kier alpha value is -2.62. The minimum Gasteiger partial charge on any atom is -0.383 e. The topological polar surface area (TPSA) is 56.7 Å². The summed E-state index contributed by atoms with van der Waals surface area (Å²) in [6.07, 6.45) is 2.52. The van der Waals surface area contributed by atoms with Crippen molar-refractivity contribution in [3.8, 4) is 5.82 Å². The molecule has 0 atom stereocenters. The molecule has 0 aliphatic carbocycles. The third-order valence-electron chi connectivity index (χ3n) is 3.31. The van der Waals surface area contributed by atoms with E-state index in [1.165, 1.54) is 5.56 Å². The lowest BCUT2D eigenvalue weighted by Gasteiger charge is -2.04. The highest BCUT2D eigenvalue weighted by molar-refractivity contribution is 5.50. The van der Waals surface area contributed by atoms with Crippen LogP contribution in [0.15, 0.2) is 54.7 Å². The summed E-state index contributed by atoms with van der Waals surface area (Å²) in [5.41, 5.74) is 9.47. The number of nitrogens with zero attached hydrogens (tertiary/aromatic N) is 3. The second kappa shape index (κ2) is 5.17. The van der Waals surface area contributed by atoms with Gasteiger partial charge in [-0.25, -0.2) is 4.98 Å². The number of nitrogen functional groups attached to an aromatic ring is 1. The molecule has 0 spiro atoms. The summed E-state index contributed by atoms with van der Waals surface area (Å²) in [7, 11) is 0. The first kappa shape index (κ1) is 12.4. The molecule has 3 rings (SSSR count). The standard InChI is InChI=1S/C16H16N4/c1-12-14(11-13-7-3-2-4-8-13)16(17)20(19-12)15-9-5-6-10-18-15/h2-10H,11,17H2,1H3. The minimum absolute atomic E-state index is 0.657. The van der Waals surface area contributed by atoms with Crippen molar-refractivity contribution < 1.29 is 0 Å². The fourth-order valence-corrected chi connectivity index (χ4v) is 2.25. The summed E-state index contributed by atoms with van der Waals surface area (Å²) in [5, 5.41) is 4.51. The zero-order valence-corrected chi connectivity index (χ0v) is 11.3. The number of hydrogen-bond donors (Lipinski definition) is 1. The minimum atomic E-state index is 0.657. The Morgan fingerprint density at radius 1 is 1.05 bits per heavy atom. The fraction of sp³-hybridized carbons (Fsp3) is 0.125. The Balaban J connectivity index is 1.99. The van der Waals surface area contributed by atoms with Crippen molar-refractivity contribution in [1.29, 1.82) is 0 Å². The molecule has 0 saturated carbocycles. The molecule has 0 amide bonds. The van der Waals surface area contributed by atoms with E-state index in [2.05, 4.69) is 22.2 Å². The molecule has 0 aliphatic heterocycles. The Bertz CT molecular complexity index is 702. The number of aryl methyl sites for hydroxylation is 1. The third-order valence-corrected chi connectivity index (χ3v) is 3.31. The molecule has 20 heavy (non-hydrogen) atoms. The van der Waals surface area contributed by atoms with Gasteiger partial charge in [-0.05, 0) is 24.6 Å². The van der Waals surface area contributed by atoms with Crippen LogP contribution >= 0.6 is 0 Å². The normalized spacial score (nSPS) is 10.7. The Morgan fingerprint density at radius 3 is 2.50 bits per heavy atom. The molecule has 4 nitrogen and oxygen atoms in total. The lowest BCUT2D eigenvalue weighted by Crippen LogP contribution is -2.04. The van der Waals surface area contributed by atoms with Crippen LogP contribution in [-0.2, 0) is 6.42 Å². The van der Waals surface area contributed by atoms with Crippen LogP contribution in [0, 0.1) is 6.92 Å². The van der Waals surface area contributed by atoms with Gasteiger partial charge < -0.3 is 5.73 Å². The Morgan fingerprint density at radius 2 is 1.80 bits per heavy atom. The maximum atomic E-state index is 6.24. The van der Waals surface area contributed by atoms with Crippen molar-refractivity contribution in [2.75, 3.05) is 5.73 Å². The largest absolute Gasteiger partial charge is 0.383 e. The highest BCUT2D eigenvalue weighted by Crippen LogP contribution is 2.22. The molecule has 4 heteroatoms. The van der Waals surface area contributed by atoms with Gasteiger partial charge in [0.1, 0.15) is 5.82 Å². The molecule has 0 radical (unpaired) electrons. The van der Waals surface area contributed by atoms with E-state index < -0.39 is 0 Å². The van der Waals surface area contributed by atoms with Gasteiger partial charge in [0.15, 0.2) is 5.82 Å². The molecule has 2 N–H and O–H groups in total. The van der Waals surface area contributed by atoms with Gasteiger partial charge in [-0.3, -0.25) is 0 Å². The average molecular weight is 264 g/mol. The van der Waals surface area contributed by atoms with Gasteiger partial charge in [0, 0.05) is 18.2 Å². The van der Waals surface area contributed by atoms with Crippen molar-refractivity contribution in [3.63, 3.8) is 0 Å². The summed E-state index contributed by atoms with van der Waals surface area (Å²) in [4.78, 5) is 4.29. The zero-order chi connectivity index (χ0) is 13.9. The number of benzene rings is 1. The molecule has 2 aromatic heterocycles. The van der Waals surface area contributed by atoms with Crippen molar-refractivity contribution in [2.24, 2.45) is 0 Å². The summed E-state index contributed by atoms with van der Waals surface area (Å²) >= 11 is 0. The van der Waals surface area contributed by atoms with Crippen LogP contribution in [0.4, 0.5) is 5.82 Å². The van der Waals surface area contributed by atoms with Gasteiger partial charge in [-0.1, -0.05) is 36.4 Å². The maximum absolute atomic E-state index is 6.24. The van der Waals surface area contributed by atoms with E-state index in [4.69, 9.17) is 5.73 Å². The molecule has 3 aromatic rings. The number of anilines is 1. The number of nitrogens with two attached hydrogens (primary N) is 1. The van der Waals surface area contributed by atoms with Crippen molar-refractivity contribution in [1.82, 2.24) is 14.8 Å². The quantitative estimate of drug-likeness (QED) is 0.791. The van der Waals surface area contributed by atoms with Crippen molar-refractivity contribution in [2.45, 2.75) is 13.3 Å². The van der Waals surface area contributed by atoms with Crippen LogP contribution < -0.4 is 5.73 Å². The van der Waals surface area contributed by atoms with E-state index in [0.29, 0.717) is 5.82 Å².